The van der Waals surface area contributed by atoms with E-state index in [1.54, 1.807) is 12.1 Å². The predicted molar refractivity (Wildman–Crippen MR) is 71.8 cm³/mol. The number of hydrogen-bond acceptors (Lipinski definition) is 3. The maximum Gasteiger partial charge on any atom is 0.176 e. The van der Waals surface area contributed by atoms with Gasteiger partial charge in [0.2, 0.25) is 0 Å². The smallest absolute Gasteiger partial charge is 0.176 e. The fraction of sp³-hybridized carbons (Fsp3) is 0.533. The first-order valence-corrected chi connectivity index (χ1v) is 6.70. The minimum Gasteiger partial charge on any atom is -0.381 e. The lowest BCUT2D eigenvalue weighted by molar-refractivity contribution is 0.0549. The lowest BCUT2D eigenvalue weighted by Gasteiger charge is -2.26. The number of likely N-dealkylation sites (N-methyl/N-ethyl adjacent to an activating group) is 1. The van der Waals surface area contributed by atoms with Crippen molar-refractivity contribution in [3.63, 3.8) is 0 Å². The first-order chi connectivity index (χ1) is 9.15. The summed E-state index contributed by atoms with van der Waals surface area (Å²) in [5.74, 6) is 0.335. The molecule has 19 heavy (non-hydrogen) atoms. The number of rotatable bonds is 5. The molecule has 1 aliphatic heterocycles. The minimum atomic E-state index is -0.313. The summed E-state index contributed by atoms with van der Waals surface area (Å²) in [7, 11) is 1.96. The van der Waals surface area contributed by atoms with Crippen LogP contribution in [0.1, 0.15) is 23.2 Å². The number of ketones is 1. The molecule has 1 fully saturated rings. The number of halogens is 1. The molecule has 1 saturated heterocycles. The highest BCUT2D eigenvalue weighted by atomic mass is 19.1. The third-order valence-electron chi connectivity index (χ3n) is 3.49. The van der Waals surface area contributed by atoms with Gasteiger partial charge in [0.1, 0.15) is 5.82 Å². The topological polar surface area (TPSA) is 29.5 Å². The van der Waals surface area contributed by atoms with Crippen LogP contribution >= 0.6 is 0 Å². The lowest BCUT2D eigenvalue weighted by Crippen LogP contribution is -2.33. The Kier molecular flexibility index (Phi) is 5.05. The van der Waals surface area contributed by atoms with Gasteiger partial charge in [0.25, 0.3) is 0 Å². The van der Waals surface area contributed by atoms with Crippen LogP contribution in [-0.2, 0) is 4.74 Å². The zero-order chi connectivity index (χ0) is 13.7. The Morgan fingerprint density at radius 2 is 1.95 bits per heavy atom. The highest BCUT2D eigenvalue weighted by molar-refractivity contribution is 5.97. The largest absolute Gasteiger partial charge is 0.381 e. The predicted octanol–water partition coefficient (Wildman–Crippen LogP) is 2.37. The summed E-state index contributed by atoms with van der Waals surface area (Å²) >= 11 is 0. The van der Waals surface area contributed by atoms with E-state index in [-0.39, 0.29) is 11.6 Å². The normalized spacial score (nSPS) is 16.8. The number of Topliss-reactive ketones (excluding diaryl/α,β-unsaturated/α-hetero) is 1. The third-order valence-corrected chi connectivity index (χ3v) is 3.49. The second-order valence-electron chi connectivity index (χ2n) is 5.18. The molecule has 0 saturated carbocycles. The highest BCUT2D eigenvalue weighted by Gasteiger charge is 2.17. The van der Waals surface area contributed by atoms with Gasteiger partial charge < -0.3 is 4.74 Å². The van der Waals surface area contributed by atoms with Gasteiger partial charge in [-0.25, -0.2) is 4.39 Å². The molecule has 1 aliphatic rings. The Balaban J connectivity index is 1.82. The second kappa shape index (κ2) is 6.78. The van der Waals surface area contributed by atoms with E-state index in [0.717, 1.165) is 32.6 Å². The molecule has 0 spiro atoms. The zero-order valence-corrected chi connectivity index (χ0v) is 11.3. The summed E-state index contributed by atoms with van der Waals surface area (Å²) in [6.45, 7) is 2.94. The molecule has 1 heterocycles. The van der Waals surface area contributed by atoms with E-state index in [1.165, 1.54) is 12.1 Å². The van der Waals surface area contributed by atoms with E-state index in [0.29, 0.717) is 18.0 Å². The van der Waals surface area contributed by atoms with Crippen molar-refractivity contribution < 1.29 is 13.9 Å². The molecule has 3 nitrogen and oxygen atoms in total. The SMILES string of the molecule is CN(CC(=O)c1ccc(F)cc1)CC1CCOCC1. The van der Waals surface area contributed by atoms with Crippen LogP contribution in [0.2, 0.25) is 0 Å². The van der Waals surface area contributed by atoms with Gasteiger partial charge in [-0.05, 0) is 50.1 Å². The first kappa shape index (κ1) is 14.2. The molecule has 0 N–H and O–H groups in total. The maximum atomic E-state index is 12.8. The van der Waals surface area contributed by atoms with Crippen LogP contribution in [0.4, 0.5) is 4.39 Å². The highest BCUT2D eigenvalue weighted by Crippen LogP contribution is 2.15. The van der Waals surface area contributed by atoms with E-state index < -0.39 is 0 Å². The van der Waals surface area contributed by atoms with E-state index in [4.69, 9.17) is 4.74 Å². The van der Waals surface area contributed by atoms with Crippen LogP contribution in [0.25, 0.3) is 0 Å². The maximum absolute atomic E-state index is 12.8. The molecule has 0 atom stereocenters. The number of carbonyl (C=O) groups is 1. The van der Waals surface area contributed by atoms with Crippen molar-refractivity contribution in [2.75, 3.05) is 33.4 Å². The van der Waals surface area contributed by atoms with Gasteiger partial charge in [-0.15, -0.1) is 0 Å². The summed E-state index contributed by atoms with van der Waals surface area (Å²) in [5.41, 5.74) is 0.570. The molecule has 1 aromatic rings. The van der Waals surface area contributed by atoms with Gasteiger partial charge >= 0.3 is 0 Å². The second-order valence-corrected chi connectivity index (χ2v) is 5.18. The first-order valence-electron chi connectivity index (χ1n) is 6.70. The standard InChI is InChI=1S/C15H20FNO2/c1-17(10-12-6-8-19-9-7-12)11-15(18)13-2-4-14(16)5-3-13/h2-5,12H,6-11H2,1H3. The summed E-state index contributed by atoms with van der Waals surface area (Å²) in [5, 5.41) is 0. The Morgan fingerprint density at radius 3 is 2.58 bits per heavy atom. The molecule has 2 rings (SSSR count). The summed E-state index contributed by atoms with van der Waals surface area (Å²) in [4.78, 5) is 14.1. The summed E-state index contributed by atoms with van der Waals surface area (Å²) < 4.78 is 18.1. The zero-order valence-electron chi connectivity index (χ0n) is 11.3. The number of nitrogens with zero attached hydrogens (tertiary/aromatic N) is 1. The quantitative estimate of drug-likeness (QED) is 0.765. The lowest BCUT2D eigenvalue weighted by atomic mass is 9.99. The van der Waals surface area contributed by atoms with Crippen LogP contribution < -0.4 is 0 Å². The fourth-order valence-electron chi connectivity index (χ4n) is 2.41. The fourth-order valence-corrected chi connectivity index (χ4v) is 2.41. The van der Waals surface area contributed by atoms with Crippen molar-refractivity contribution in [1.29, 1.82) is 0 Å². The Hall–Kier alpha value is -1.26. The average Bonchev–Trinajstić information content (AvgIpc) is 2.40. The van der Waals surface area contributed by atoms with Crippen molar-refractivity contribution in [3.05, 3.63) is 35.6 Å². The average molecular weight is 265 g/mol. The number of benzene rings is 1. The van der Waals surface area contributed by atoms with Gasteiger partial charge in [0.15, 0.2) is 5.78 Å². The molecule has 0 radical (unpaired) electrons. The molecule has 0 amide bonds. The molecular formula is C15H20FNO2. The summed E-state index contributed by atoms with van der Waals surface area (Å²) in [6.07, 6.45) is 2.13. The number of ether oxygens (including phenoxy) is 1. The monoisotopic (exact) mass is 265 g/mol. The molecule has 0 bridgehead atoms. The minimum absolute atomic E-state index is 0.0366. The molecular weight excluding hydrogens is 245 g/mol. The van der Waals surface area contributed by atoms with Crippen LogP contribution in [0.3, 0.4) is 0 Å². The number of hydrogen-bond donors (Lipinski definition) is 0. The molecule has 4 heteroatoms. The molecule has 0 unspecified atom stereocenters. The molecule has 0 aromatic heterocycles. The van der Waals surface area contributed by atoms with Gasteiger partial charge in [-0.2, -0.15) is 0 Å². The van der Waals surface area contributed by atoms with Crippen molar-refractivity contribution in [1.82, 2.24) is 4.90 Å². The van der Waals surface area contributed by atoms with Crippen LogP contribution in [-0.4, -0.2) is 44.0 Å². The van der Waals surface area contributed by atoms with Gasteiger partial charge in [0, 0.05) is 25.3 Å². The van der Waals surface area contributed by atoms with Gasteiger partial charge in [-0.1, -0.05) is 0 Å². The van der Waals surface area contributed by atoms with E-state index >= 15 is 0 Å². The van der Waals surface area contributed by atoms with Gasteiger partial charge in [-0.3, -0.25) is 9.69 Å². The summed E-state index contributed by atoms with van der Waals surface area (Å²) in [6, 6.07) is 5.73. The van der Waals surface area contributed by atoms with Crippen LogP contribution in [0.15, 0.2) is 24.3 Å². The number of carbonyl (C=O) groups excluding carboxylic acids is 1. The van der Waals surface area contributed by atoms with Crippen LogP contribution in [0, 0.1) is 11.7 Å². The van der Waals surface area contributed by atoms with Crippen molar-refractivity contribution in [2.24, 2.45) is 5.92 Å². The van der Waals surface area contributed by atoms with Crippen molar-refractivity contribution in [2.45, 2.75) is 12.8 Å². The van der Waals surface area contributed by atoms with Crippen LogP contribution in [0.5, 0.6) is 0 Å². The van der Waals surface area contributed by atoms with E-state index in [2.05, 4.69) is 0 Å². The Morgan fingerprint density at radius 1 is 1.32 bits per heavy atom. The molecule has 0 aliphatic carbocycles. The molecule has 104 valence electrons. The third kappa shape index (κ3) is 4.40. The van der Waals surface area contributed by atoms with E-state index in [1.807, 2.05) is 11.9 Å². The van der Waals surface area contributed by atoms with Gasteiger partial charge in [0.05, 0.1) is 6.54 Å². The van der Waals surface area contributed by atoms with Crippen molar-refractivity contribution >= 4 is 5.78 Å². The van der Waals surface area contributed by atoms with Crippen molar-refractivity contribution in [3.8, 4) is 0 Å². The Labute approximate surface area is 113 Å². The molecule has 1 aromatic carbocycles. The van der Waals surface area contributed by atoms with E-state index in [9.17, 15) is 9.18 Å². The Bertz CT molecular complexity index is 413.